The first-order valence-electron chi connectivity index (χ1n) is 10.6. The molecule has 0 atom stereocenters. The first kappa shape index (κ1) is 22.9. The van der Waals surface area contributed by atoms with Crippen molar-refractivity contribution in [3.63, 3.8) is 0 Å². The smallest absolute Gasteiger partial charge is 0.124 e. The predicted octanol–water partition coefficient (Wildman–Crippen LogP) is 6.55. The summed E-state index contributed by atoms with van der Waals surface area (Å²) in [6.45, 7) is 9.96. The van der Waals surface area contributed by atoms with E-state index in [9.17, 15) is 0 Å². The van der Waals surface area contributed by atoms with Crippen LogP contribution in [0, 0.1) is 0 Å². The molecule has 5 heteroatoms. The van der Waals surface area contributed by atoms with Crippen LogP contribution >= 0.6 is 23.2 Å². The van der Waals surface area contributed by atoms with Crippen LogP contribution in [-0.2, 0) is 13.2 Å². The van der Waals surface area contributed by atoms with Crippen molar-refractivity contribution in [3.05, 3.63) is 75.8 Å². The fraction of sp³-hybridized carbons (Fsp3) is 0.360. The Labute approximate surface area is 189 Å². The lowest BCUT2D eigenvalue weighted by atomic mass is 10.0. The standard InChI is InChI=1S/C25H30Cl2N2O/c1-3-29(4-2)15-7-14-28-17-22-21-9-6-5-8-20(21)11-13-25(22)30-18-19-10-12-23(26)24(27)16-19/h5-6,8-13,16,28H,3-4,7,14-15,17-18H2,1-2H3. The molecule has 0 aliphatic carbocycles. The number of benzene rings is 3. The number of hydrogen-bond donors (Lipinski definition) is 1. The molecule has 0 spiro atoms. The monoisotopic (exact) mass is 444 g/mol. The zero-order valence-corrected chi connectivity index (χ0v) is 19.3. The van der Waals surface area contributed by atoms with Crippen LogP contribution in [0.1, 0.15) is 31.4 Å². The molecular weight excluding hydrogens is 415 g/mol. The topological polar surface area (TPSA) is 24.5 Å². The van der Waals surface area contributed by atoms with Crippen LogP contribution in [0.3, 0.4) is 0 Å². The van der Waals surface area contributed by atoms with Gasteiger partial charge in [-0.25, -0.2) is 0 Å². The maximum atomic E-state index is 6.21. The van der Waals surface area contributed by atoms with Gasteiger partial charge in [-0.3, -0.25) is 0 Å². The molecule has 0 aromatic heterocycles. The zero-order valence-electron chi connectivity index (χ0n) is 17.8. The van der Waals surface area contributed by atoms with Gasteiger partial charge in [-0.1, -0.05) is 73.4 Å². The van der Waals surface area contributed by atoms with Crippen molar-refractivity contribution >= 4 is 34.0 Å². The summed E-state index contributed by atoms with van der Waals surface area (Å²) >= 11 is 12.2. The molecule has 0 saturated heterocycles. The van der Waals surface area contributed by atoms with Gasteiger partial charge in [-0.2, -0.15) is 0 Å². The molecular formula is C25H30Cl2N2O. The normalized spacial score (nSPS) is 11.4. The van der Waals surface area contributed by atoms with E-state index >= 15 is 0 Å². The minimum absolute atomic E-state index is 0.449. The van der Waals surface area contributed by atoms with Gasteiger partial charge in [0.05, 0.1) is 10.0 Å². The number of nitrogens with one attached hydrogen (secondary N) is 1. The number of ether oxygens (including phenoxy) is 1. The van der Waals surface area contributed by atoms with E-state index in [0.717, 1.165) is 50.5 Å². The second kappa shape index (κ2) is 11.6. The van der Waals surface area contributed by atoms with Crippen molar-refractivity contribution < 1.29 is 4.74 Å². The highest BCUT2D eigenvalue weighted by Gasteiger charge is 2.10. The number of nitrogens with zero attached hydrogens (tertiary/aromatic N) is 1. The molecule has 0 aliphatic rings. The van der Waals surface area contributed by atoms with E-state index in [4.69, 9.17) is 27.9 Å². The van der Waals surface area contributed by atoms with Gasteiger partial charge in [0.15, 0.2) is 0 Å². The Bertz CT molecular complexity index is 957. The van der Waals surface area contributed by atoms with Gasteiger partial charge >= 0.3 is 0 Å². The predicted molar refractivity (Wildman–Crippen MR) is 129 cm³/mol. The Balaban J connectivity index is 1.69. The number of hydrogen-bond acceptors (Lipinski definition) is 3. The average molecular weight is 445 g/mol. The van der Waals surface area contributed by atoms with E-state index < -0.39 is 0 Å². The summed E-state index contributed by atoms with van der Waals surface area (Å²) in [5.74, 6) is 0.899. The van der Waals surface area contributed by atoms with E-state index in [-0.39, 0.29) is 0 Å². The van der Waals surface area contributed by atoms with E-state index in [1.807, 2.05) is 12.1 Å². The van der Waals surface area contributed by atoms with E-state index in [2.05, 4.69) is 60.5 Å². The second-order valence-electron chi connectivity index (χ2n) is 7.36. The number of rotatable bonds is 11. The number of fused-ring (bicyclic) bond motifs is 1. The Morgan fingerprint density at radius 2 is 1.73 bits per heavy atom. The summed E-state index contributed by atoms with van der Waals surface area (Å²) in [7, 11) is 0. The quantitative estimate of drug-likeness (QED) is 0.339. The van der Waals surface area contributed by atoms with Crippen LogP contribution in [0.2, 0.25) is 10.0 Å². The highest BCUT2D eigenvalue weighted by Crippen LogP contribution is 2.29. The van der Waals surface area contributed by atoms with Crippen LogP contribution in [0.5, 0.6) is 5.75 Å². The number of halogens is 2. The minimum Gasteiger partial charge on any atom is -0.489 e. The highest BCUT2D eigenvalue weighted by molar-refractivity contribution is 6.42. The summed E-state index contributed by atoms with van der Waals surface area (Å²) in [6, 6.07) is 18.2. The molecule has 160 valence electrons. The second-order valence-corrected chi connectivity index (χ2v) is 8.17. The molecule has 3 aromatic rings. The van der Waals surface area contributed by atoms with Crippen molar-refractivity contribution in [2.24, 2.45) is 0 Å². The molecule has 0 amide bonds. The molecule has 3 nitrogen and oxygen atoms in total. The summed E-state index contributed by atoms with van der Waals surface area (Å²) < 4.78 is 6.21. The van der Waals surface area contributed by atoms with Crippen LogP contribution in [0.4, 0.5) is 0 Å². The van der Waals surface area contributed by atoms with Crippen molar-refractivity contribution in [2.75, 3.05) is 26.2 Å². The summed E-state index contributed by atoms with van der Waals surface area (Å²) in [6.07, 6.45) is 1.13. The highest BCUT2D eigenvalue weighted by atomic mass is 35.5. The first-order chi connectivity index (χ1) is 14.6. The molecule has 1 N–H and O–H groups in total. The van der Waals surface area contributed by atoms with E-state index in [1.165, 1.54) is 16.3 Å². The Kier molecular flexibility index (Phi) is 8.83. The Morgan fingerprint density at radius 1 is 0.933 bits per heavy atom. The van der Waals surface area contributed by atoms with Gasteiger partial charge in [-0.05, 0) is 67.1 Å². The van der Waals surface area contributed by atoms with Crippen LogP contribution < -0.4 is 10.1 Å². The third-order valence-electron chi connectivity index (χ3n) is 5.40. The lowest BCUT2D eigenvalue weighted by Crippen LogP contribution is -2.27. The van der Waals surface area contributed by atoms with Gasteiger partial charge in [0.2, 0.25) is 0 Å². The maximum Gasteiger partial charge on any atom is 0.124 e. The molecule has 3 rings (SSSR count). The maximum absolute atomic E-state index is 6.21. The van der Waals surface area contributed by atoms with Crippen LogP contribution in [-0.4, -0.2) is 31.1 Å². The van der Waals surface area contributed by atoms with E-state index in [1.54, 1.807) is 6.07 Å². The molecule has 0 heterocycles. The van der Waals surface area contributed by atoms with Crippen molar-refractivity contribution in [2.45, 2.75) is 33.4 Å². The van der Waals surface area contributed by atoms with Crippen LogP contribution in [0.25, 0.3) is 10.8 Å². The molecule has 0 fully saturated rings. The first-order valence-corrected chi connectivity index (χ1v) is 11.4. The summed E-state index contributed by atoms with van der Waals surface area (Å²) in [5, 5.41) is 7.16. The van der Waals surface area contributed by atoms with Crippen molar-refractivity contribution in [1.29, 1.82) is 0 Å². The summed E-state index contributed by atoms with van der Waals surface area (Å²) in [4.78, 5) is 2.45. The molecule has 0 bridgehead atoms. The van der Waals surface area contributed by atoms with Gasteiger partial charge in [0.25, 0.3) is 0 Å². The lowest BCUT2D eigenvalue weighted by molar-refractivity contribution is 0.296. The zero-order chi connectivity index (χ0) is 21.3. The van der Waals surface area contributed by atoms with Crippen molar-refractivity contribution in [1.82, 2.24) is 10.2 Å². The molecule has 0 radical (unpaired) electrons. The minimum atomic E-state index is 0.449. The third-order valence-corrected chi connectivity index (χ3v) is 6.14. The molecule has 0 unspecified atom stereocenters. The Morgan fingerprint density at radius 3 is 2.50 bits per heavy atom. The average Bonchev–Trinajstić information content (AvgIpc) is 2.77. The molecule has 30 heavy (non-hydrogen) atoms. The largest absolute Gasteiger partial charge is 0.489 e. The third kappa shape index (κ3) is 6.12. The summed E-state index contributed by atoms with van der Waals surface area (Å²) in [5.41, 5.74) is 2.19. The fourth-order valence-corrected chi connectivity index (χ4v) is 3.93. The van der Waals surface area contributed by atoms with Crippen molar-refractivity contribution in [3.8, 4) is 5.75 Å². The van der Waals surface area contributed by atoms with Gasteiger partial charge in [-0.15, -0.1) is 0 Å². The van der Waals surface area contributed by atoms with Gasteiger partial charge in [0.1, 0.15) is 12.4 Å². The molecule has 3 aromatic carbocycles. The lowest BCUT2D eigenvalue weighted by Gasteiger charge is -2.18. The molecule has 0 aliphatic heterocycles. The molecule has 0 saturated carbocycles. The van der Waals surface area contributed by atoms with E-state index in [0.29, 0.717) is 16.7 Å². The Hall–Kier alpha value is -1.78. The SMILES string of the molecule is CCN(CC)CCCNCc1c(OCc2ccc(Cl)c(Cl)c2)ccc2ccccc12. The van der Waals surface area contributed by atoms with Gasteiger partial charge < -0.3 is 15.0 Å². The van der Waals surface area contributed by atoms with Gasteiger partial charge in [0, 0.05) is 12.1 Å². The van der Waals surface area contributed by atoms with Crippen LogP contribution in [0.15, 0.2) is 54.6 Å². The fourth-order valence-electron chi connectivity index (χ4n) is 3.60.